The van der Waals surface area contributed by atoms with Crippen LogP contribution in [0.25, 0.3) is 0 Å². The number of nitrogens with zero attached hydrogens (tertiary/aromatic N) is 1. The molecule has 8 nitrogen and oxygen atoms in total. The van der Waals surface area contributed by atoms with E-state index in [2.05, 4.69) is 5.32 Å². The van der Waals surface area contributed by atoms with E-state index in [0.717, 1.165) is 4.90 Å². The van der Waals surface area contributed by atoms with Gasteiger partial charge >= 0.3 is 5.97 Å². The summed E-state index contributed by atoms with van der Waals surface area (Å²) in [6.07, 6.45) is 0. The van der Waals surface area contributed by atoms with Crippen LogP contribution in [0.4, 0.5) is 0 Å². The first kappa shape index (κ1) is 20.2. The van der Waals surface area contributed by atoms with Crippen LogP contribution < -0.4 is 5.32 Å². The van der Waals surface area contributed by atoms with Gasteiger partial charge in [-0.25, -0.2) is 4.79 Å². The first-order valence-corrected chi connectivity index (χ1v) is 8.98. The molecule has 0 fully saturated rings. The summed E-state index contributed by atoms with van der Waals surface area (Å²) in [5, 5.41) is 2.55. The normalized spacial score (nSPS) is 12.7. The zero-order valence-corrected chi connectivity index (χ0v) is 15.8. The number of methoxy groups -OCH3 is 1. The Hall–Kier alpha value is -3.52. The van der Waals surface area contributed by atoms with Crippen LogP contribution in [0.15, 0.2) is 48.5 Å². The lowest BCUT2D eigenvalue weighted by molar-refractivity contribution is -0.124. The SMILES string of the molecule is COCCNC(=O)COC(=O)c1cccc(CN2C(=O)c3ccccc3C2=O)c1. The first-order valence-electron chi connectivity index (χ1n) is 8.98. The highest BCUT2D eigenvalue weighted by Crippen LogP contribution is 2.24. The fourth-order valence-electron chi connectivity index (χ4n) is 2.92. The minimum Gasteiger partial charge on any atom is -0.452 e. The third kappa shape index (κ3) is 4.67. The van der Waals surface area contributed by atoms with Crippen LogP contribution in [0.2, 0.25) is 0 Å². The van der Waals surface area contributed by atoms with E-state index in [1.165, 1.54) is 19.2 Å². The van der Waals surface area contributed by atoms with Crippen LogP contribution in [0, 0.1) is 0 Å². The molecule has 0 saturated heterocycles. The molecule has 0 bridgehead atoms. The zero-order chi connectivity index (χ0) is 20.8. The van der Waals surface area contributed by atoms with E-state index < -0.39 is 18.5 Å². The van der Waals surface area contributed by atoms with Gasteiger partial charge < -0.3 is 14.8 Å². The second-order valence-electron chi connectivity index (χ2n) is 6.36. The number of carbonyl (C=O) groups excluding carboxylic acids is 4. The summed E-state index contributed by atoms with van der Waals surface area (Å²) < 4.78 is 9.82. The van der Waals surface area contributed by atoms with Crippen LogP contribution >= 0.6 is 0 Å². The van der Waals surface area contributed by atoms with E-state index in [9.17, 15) is 19.2 Å². The van der Waals surface area contributed by atoms with Crippen molar-refractivity contribution in [3.05, 3.63) is 70.8 Å². The molecule has 8 heteroatoms. The lowest BCUT2D eigenvalue weighted by atomic mass is 10.1. The average molecular weight is 396 g/mol. The Labute approximate surface area is 167 Å². The Kier molecular flexibility index (Phi) is 6.36. The molecule has 1 N–H and O–H groups in total. The molecule has 0 spiro atoms. The molecule has 3 rings (SSSR count). The number of esters is 1. The van der Waals surface area contributed by atoms with Crippen molar-refractivity contribution in [1.82, 2.24) is 10.2 Å². The molecule has 0 unspecified atom stereocenters. The predicted molar refractivity (Wildman–Crippen MR) is 102 cm³/mol. The van der Waals surface area contributed by atoms with Crippen molar-refractivity contribution in [1.29, 1.82) is 0 Å². The van der Waals surface area contributed by atoms with Gasteiger partial charge in [0.05, 0.1) is 29.8 Å². The van der Waals surface area contributed by atoms with Gasteiger partial charge in [-0.3, -0.25) is 19.3 Å². The summed E-state index contributed by atoms with van der Waals surface area (Å²) in [5.41, 5.74) is 1.56. The second kappa shape index (κ2) is 9.11. The fraction of sp³-hybridized carbons (Fsp3) is 0.238. The minimum absolute atomic E-state index is 0.0327. The lowest BCUT2D eigenvalue weighted by Crippen LogP contribution is -2.31. The Morgan fingerprint density at radius 3 is 2.34 bits per heavy atom. The average Bonchev–Trinajstić information content (AvgIpc) is 2.97. The summed E-state index contributed by atoms with van der Waals surface area (Å²) in [7, 11) is 1.52. The van der Waals surface area contributed by atoms with Crippen molar-refractivity contribution in [2.45, 2.75) is 6.54 Å². The van der Waals surface area contributed by atoms with Crippen molar-refractivity contribution in [2.24, 2.45) is 0 Å². The third-order valence-corrected chi connectivity index (χ3v) is 4.34. The van der Waals surface area contributed by atoms with Crippen molar-refractivity contribution < 1.29 is 28.7 Å². The van der Waals surface area contributed by atoms with Gasteiger partial charge in [-0.05, 0) is 29.8 Å². The van der Waals surface area contributed by atoms with Crippen LogP contribution in [-0.4, -0.2) is 55.5 Å². The number of rotatable bonds is 8. The number of hydrogen-bond donors (Lipinski definition) is 1. The Morgan fingerprint density at radius 1 is 1.00 bits per heavy atom. The number of ether oxygens (including phenoxy) is 2. The molecule has 29 heavy (non-hydrogen) atoms. The Bertz CT molecular complexity index is 921. The van der Waals surface area contributed by atoms with Crippen LogP contribution in [0.5, 0.6) is 0 Å². The standard InChI is InChI=1S/C21H20N2O6/c1-28-10-9-22-18(24)13-29-21(27)15-6-4-5-14(11-15)12-23-19(25)16-7-2-3-8-17(16)20(23)26/h2-8,11H,9-10,12-13H2,1H3,(H,22,24). The lowest BCUT2D eigenvalue weighted by Gasteiger charge is -2.14. The fourth-order valence-corrected chi connectivity index (χ4v) is 2.92. The minimum atomic E-state index is -0.670. The number of fused-ring (bicyclic) bond motifs is 1. The summed E-state index contributed by atoms with van der Waals surface area (Å²) in [6.45, 7) is 0.304. The molecule has 2 aromatic carbocycles. The molecule has 0 aliphatic carbocycles. The summed E-state index contributed by atoms with van der Waals surface area (Å²) in [4.78, 5) is 49.9. The number of carbonyl (C=O) groups is 4. The van der Waals surface area contributed by atoms with Crippen molar-refractivity contribution in [2.75, 3.05) is 26.9 Å². The maximum atomic E-state index is 12.5. The molecule has 2 aromatic rings. The monoisotopic (exact) mass is 396 g/mol. The highest BCUT2D eigenvalue weighted by atomic mass is 16.5. The number of imide groups is 1. The molecule has 150 valence electrons. The third-order valence-electron chi connectivity index (χ3n) is 4.34. The summed E-state index contributed by atoms with van der Waals surface area (Å²) in [6, 6.07) is 13.0. The van der Waals surface area contributed by atoms with Gasteiger partial charge in [-0.1, -0.05) is 24.3 Å². The molecular formula is C21H20N2O6. The van der Waals surface area contributed by atoms with Gasteiger partial charge in [0.1, 0.15) is 0 Å². The van der Waals surface area contributed by atoms with Crippen LogP contribution in [-0.2, 0) is 20.8 Å². The van der Waals surface area contributed by atoms with Gasteiger partial charge in [0.2, 0.25) is 0 Å². The van der Waals surface area contributed by atoms with E-state index in [-0.39, 0.29) is 23.9 Å². The van der Waals surface area contributed by atoms with E-state index >= 15 is 0 Å². The maximum Gasteiger partial charge on any atom is 0.338 e. The van der Waals surface area contributed by atoms with Crippen molar-refractivity contribution in [3.63, 3.8) is 0 Å². The molecular weight excluding hydrogens is 376 g/mol. The highest BCUT2D eigenvalue weighted by Gasteiger charge is 2.35. The molecule has 0 radical (unpaired) electrons. The Morgan fingerprint density at radius 2 is 1.69 bits per heavy atom. The quantitative estimate of drug-likeness (QED) is 0.411. The van der Waals surface area contributed by atoms with E-state index in [1.807, 2.05) is 0 Å². The molecule has 0 atom stereocenters. The zero-order valence-electron chi connectivity index (χ0n) is 15.8. The summed E-state index contributed by atoms with van der Waals surface area (Å²) in [5.74, 6) is -1.84. The predicted octanol–water partition coefficient (Wildman–Crippen LogP) is 1.40. The highest BCUT2D eigenvalue weighted by molar-refractivity contribution is 6.21. The Balaban J connectivity index is 1.61. The van der Waals surface area contributed by atoms with Crippen molar-refractivity contribution >= 4 is 23.7 Å². The molecule has 0 aromatic heterocycles. The van der Waals surface area contributed by atoms with Gasteiger partial charge in [0.25, 0.3) is 17.7 Å². The van der Waals surface area contributed by atoms with Crippen LogP contribution in [0.3, 0.4) is 0 Å². The van der Waals surface area contributed by atoms with Gasteiger partial charge in [-0.15, -0.1) is 0 Å². The summed E-state index contributed by atoms with van der Waals surface area (Å²) >= 11 is 0. The van der Waals surface area contributed by atoms with Crippen molar-refractivity contribution in [3.8, 4) is 0 Å². The number of amides is 3. The van der Waals surface area contributed by atoms with Gasteiger partial charge in [0.15, 0.2) is 6.61 Å². The molecule has 3 amide bonds. The van der Waals surface area contributed by atoms with Crippen LogP contribution in [0.1, 0.15) is 36.6 Å². The van der Waals surface area contributed by atoms with Gasteiger partial charge in [0, 0.05) is 13.7 Å². The second-order valence-corrected chi connectivity index (χ2v) is 6.36. The van der Waals surface area contributed by atoms with E-state index in [0.29, 0.717) is 29.8 Å². The molecule has 1 heterocycles. The number of hydrogen-bond acceptors (Lipinski definition) is 6. The molecule has 1 aliphatic heterocycles. The first-order chi connectivity index (χ1) is 14.0. The number of benzene rings is 2. The van der Waals surface area contributed by atoms with E-state index in [1.54, 1.807) is 36.4 Å². The largest absolute Gasteiger partial charge is 0.452 e. The maximum absolute atomic E-state index is 12.5. The molecule has 1 aliphatic rings. The molecule has 0 saturated carbocycles. The smallest absolute Gasteiger partial charge is 0.338 e. The topological polar surface area (TPSA) is 102 Å². The number of nitrogens with one attached hydrogen (secondary N) is 1. The van der Waals surface area contributed by atoms with Gasteiger partial charge in [-0.2, -0.15) is 0 Å². The van der Waals surface area contributed by atoms with E-state index in [4.69, 9.17) is 9.47 Å².